The number of aryl methyl sites for hydroxylation is 2. The lowest BCUT2D eigenvalue weighted by Crippen LogP contribution is -2.41. The highest BCUT2D eigenvalue weighted by atomic mass is 32.2. The van der Waals surface area contributed by atoms with Crippen molar-refractivity contribution in [3.05, 3.63) is 11.5 Å². The van der Waals surface area contributed by atoms with Gasteiger partial charge in [-0.1, -0.05) is 25.6 Å². The first-order chi connectivity index (χ1) is 8.93. The molecule has 1 aromatic heterocycles. The van der Waals surface area contributed by atoms with Gasteiger partial charge in [-0.05, 0) is 20.3 Å². The molecule has 0 amide bonds. The number of carbonyl (C=O) groups excluding carboxylic acids is 1. The van der Waals surface area contributed by atoms with E-state index in [0.29, 0.717) is 11.6 Å². The summed E-state index contributed by atoms with van der Waals surface area (Å²) in [6, 6.07) is -0.0463. The lowest BCUT2D eigenvalue weighted by Gasteiger charge is -2.18. The molecule has 1 unspecified atom stereocenters. The SMILES string of the molecule is COC(=O)C(CCSc1nc(C)c(C)o1)NC(C)C. The smallest absolute Gasteiger partial charge is 0.322 e. The summed E-state index contributed by atoms with van der Waals surface area (Å²) >= 11 is 1.51. The van der Waals surface area contributed by atoms with Crippen molar-refractivity contribution < 1.29 is 13.9 Å². The van der Waals surface area contributed by atoms with Crippen molar-refractivity contribution >= 4 is 17.7 Å². The van der Waals surface area contributed by atoms with E-state index in [4.69, 9.17) is 9.15 Å². The van der Waals surface area contributed by atoms with E-state index in [1.54, 1.807) is 0 Å². The number of methoxy groups -OCH3 is 1. The molecule has 0 radical (unpaired) electrons. The zero-order valence-corrected chi connectivity index (χ0v) is 13.0. The molecule has 0 aliphatic heterocycles. The van der Waals surface area contributed by atoms with Crippen molar-refractivity contribution in [2.45, 2.75) is 51.4 Å². The fourth-order valence-electron chi connectivity index (χ4n) is 1.58. The molecule has 0 fully saturated rings. The first-order valence-corrected chi connectivity index (χ1v) is 7.33. The molecule has 0 aromatic carbocycles. The van der Waals surface area contributed by atoms with Gasteiger partial charge in [0.25, 0.3) is 5.22 Å². The highest BCUT2D eigenvalue weighted by Gasteiger charge is 2.19. The van der Waals surface area contributed by atoms with Crippen LogP contribution in [0.5, 0.6) is 0 Å². The molecular formula is C13H22N2O3S. The number of esters is 1. The molecule has 1 aromatic rings. The molecule has 1 N–H and O–H groups in total. The second-order valence-corrected chi connectivity index (χ2v) is 5.70. The average Bonchev–Trinajstić information content (AvgIpc) is 2.66. The van der Waals surface area contributed by atoms with Gasteiger partial charge in [-0.25, -0.2) is 4.98 Å². The van der Waals surface area contributed by atoms with Crippen LogP contribution in [0.25, 0.3) is 0 Å². The van der Waals surface area contributed by atoms with E-state index < -0.39 is 0 Å². The first kappa shape index (κ1) is 16.0. The van der Waals surface area contributed by atoms with E-state index >= 15 is 0 Å². The molecule has 0 aliphatic rings. The van der Waals surface area contributed by atoms with Gasteiger partial charge in [0.1, 0.15) is 11.8 Å². The number of hydrogen-bond acceptors (Lipinski definition) is 6. The van der Waals surface area contributed by atoms with Crippen LogP contribution in [0.2, 0.25) is 0 Å². The highest BCUT2D eigenvalue weighted by molar-refractivity contribution is 7.99. The summed E-state index contributed by atoms with van der Waals surface area (Å²) in [5.41, 5.74) is 0.910. The number of rotatable bonds is 7. The minimum atomic E-state index is -0.283. The standard InChI is InChI=1S/C13H22N2O3S/c1-8(2)14-11(12(16)17-5)6-7-19-13-15-9(3)10(4)18-13/h8,11,14H,6-7H2,1-5H3. The van der Waals surface area contributed by atoms with Crippen LogP contribution >= 0.6 is 11.8 Å². The van der Waals surface area contributed by atoms with Gasteiger partial charge in [0.05, 0.1) is 12.8 Å². The summed E-state index contributed by atoms with van der Waals surface area (Å²) in [4.78, 5) is 15.9. The van der Waals surface area contributed by atoms with Gasteiger partial charge in [0, 0.05) is 11.8 Å². The number of aromatic nitrogens is 1. The number of hydrogen-bond donors (Lipinski definition) is 1. The Kier molecular flexibility index (Phi) is 6.37. The average molecular weight is 286 g/mol. The number of thioether (sulfide) groups is 1. The fourth-order valence-corrected chi connectivity index (χ4v) is 2.50. The first-order valence-electron chi connectivity index (χ1n) is 6.34. The van der Waals surface area contributed by atoms with Crippen LogP contribution in [0.4, 0.5) is 0 Å². The Morgan fingerprint density at radius 3 is 2.63 bits per heavy atom. The lowest BCUT2D eigenvalue weighted by atomic mass is 10.2. The van der Waals surface area contributed by atoms with Gasteiger partial charge in [0.2, 0.25) is 0 Å². The van der Waals surface area contributed by atoms with Crippen LogP contribution < -0.4 is 5.32 Å². The van der Waals surface area contributed by atoms with Gasteiger partial charge in [-0.15, -0.1) is 0 Å². The van der Waals surface area contributed by atoms with E-state index in [-0.39, 0.29) is 18.1 Å². The molecule has 5 nitrogen and oxygen atoms in total. The molecule has 1 atom stereocenters. The number of nitrogens with zero attached hydrogens (tertiary/aromatic N) is 1. The Labute approximate surface area is 118 Å². The van der Waals surface area contributed by atoms with Crippen molar-refractivity contribution in [3.8, 4) is 0 Å². The summed E-state index contributed by atoms with van der Waals surface area (Å²) in [7, 11) is 1.41. The summed E-state index contributed by atoms with van der Waals surface area (Å²) < 4.78 is 10.3. The van der Waals surface area contributed by atoms with E-state index in [1.807, 2.05) is 27.7 Å². The van der Waals surface area contributed by atoms with Gasteiger partial charge in [0.15, 0.2) is 0 Å². The molecule has 6 heteroatoms. The molecule has 1 heterocycles. The Balaban J connectivity index is 2.45. The largest absolute Gasteiger partial charge is 0.468 e. The van der Waals surface area contributed by atoms with Crippen molar-refractivity contribution in [1.29, 1.82) is 0 Å². The molecule has 1 rings (SSSR count). The maximum Gasteiger partial charge on any atom is 0.322 e. The number of ether oxygens (including phenoxy) is 1. The predicted octanol–water partition coefficient (Wildman–Crippen LogP) is 2.31. The lowest BCUT2D eigenvalue weighted by molar-refractivity contribution is -0.143. The van der Waals surface area contributed by atoms with Gasteiger partial charge >= 0.3 is 5.97 Å². The van der Waals surface area contributed by atoms with Crippen molar-refractivity contribution in [3.63, 3.8) is 0 Å². The normalized spacial score (nSPS) is 12.7. The van der Waals surface area contributed by atoms with E-state index in [1.165, 1.54) is 18.9 Å². The fraction of sp³-hybridized carbons (Fsp3) is 0.692. The third-order valence-corrected chi connectivity index (χ3v) is 3.52. The molecule has 0 saturated heterocycles. The minimum Gasteiger partial charge on any atom is -0.468 e. The molecule has 19 heavy (non-hydrogen) atoms. The molecular weight excluding hydrogens is 264 g/mol. The Bertz CT molecular complexity index is 399. The molecule has 0 aliphatic carbocycles. The second kappa shape index (κ2) is 7.55. The number of nitrogens with one attached hydrogen (secondary N) is 1. The van der Waals surface area contributed by atoms with Crippen LogP contribution in [0.15, 0.2) is 9.64 Å². The third-order valence-electron chi connectivity index (χ3n) is 2.66. The second-order valence-electron chi connectivity index (χ2n) is 4.66. The van der Waals surface area contributed by atoms with Crippen LogP contribution in [-0.4, -0.2) is 35.9 Å². The highest BCUT2D eigenvalue weighted by Crippen LogP contribution is 2.21. The number of oxazole rings is 1. The summed E-state index contributed by atoms with van der Waals surface area (Å²) in [6.07, 6.45) is 0.677. The maximum absolute atomic E-state index is 11.6. The molecule has 0 saturated carbocycles. The quantitative estimate of drug-likeness (QED) is 0.613. The zero-order valence-electron chi connectivity index (χ0n) is 12.1. The van der Waals surface area contributed by atoms with Gasteiger partial charge < -0.3 is 14.5 Å². The van der Waals surface area contributed by atoms with Crippen molar-refractivity contribution in [2.24, 2.45) is 0 Å². The van der Waals surface area contributed by atoms with Crippen molar-refractivity contribution in [1.82, 2.24) is 10.3 Å². The molecule has 108 valence electrons. The van der Waals surface area contributed by atoms with E-state index in [2.05, 4.69) is 10.3 Å². The summed E-state index contributed by atoms with van der Waals surface area (Å²) in [5, 5.41) is 3.85. The molecule has 0 spiro atoms. The number of carbonyl (C=O) groups is 1. The van der Waals surface area contributed by atoms with Gasteiger partial charge in [-0.2, -0.15) is 0 Å². The van der Waals surface area contributed by atoms with Crippen LogP contribution in [0.1, 0.15) is 31.7 Å². The monoisotopic (exact) mass is 286 g/mol. The Hall–Kier alpha value is -1.01. The van der Waals surface area contributed by atoms with Crippen LogP contribution in [0.3, 0.4) is 0 Å². The van der Waals surface area contributed by atoms with E-state index in [0.717, 1.165) is 17.2 Å². The summed E-state index contributed by atoms with van der Waals surface area (Å²) in [6.45, 7) is 7.82. The topological polar surface area (TPSA) is 64.4 Å². The predicted molar refractivity (Wildman–Crippen MR) is 75.4 cm³/mol. The zero-order chi connectivity index (χ0) is 14.4. The van der Waals surface area contributed by atoms with Gasteiger partial charge in [-0.3, -0.25) is 4.79 Å². The van der Waals surface area contributed by atoms with E-state index in [9.17, 15) is 4.79 Å². The van der Waals surface area contributed by atoms with Crippen LogP contribution in [0, 0.1) is 13.8 Å². The Morgan fingerprint density at radius 2 is 2.16 bits per heavy atom. The van der Waals surface area contributed by atoms with Crippen molar-refractivity contribution in [2.75, 3.05) is 12.9 Å². The maximum atomic E-state index is 11.6. The Morgan fingerprint density at radius 1 is 1.47 bits per heavy atom. The minimum absolute atomic E-state index is 0.228. The summed E-state index contributed by atoms with van der Waals surface area (Å²) in [5.74, 6) is 1.36. The van der Waals surface area contributed by atoms with Crippen LogP contribution in [-0.2, 0) is 9.53 Å². The third kappa shape index (κ3) is 5.24. The molecule has 0 bridgehead atoms.